The molecule has 2 fully saturated rings. The topological polar surface area (TPSA) is 15.3 Å². The maximum atomic E-state index is 3.45. The molecule has 0 amide bonds. The van der Waals surface area contributed by atoms with Crippen LogP contribution in [-0.4, -0.2) is 26.2 Å². The molecule has 0 aromatic heterocycles. The molecule has 0 atom stereocenters. The van der Waals surface area contributed by atoms with Crippen molar-refractivity contribution in [1.82, 2.24) is 5.32 Å². The zero-order valence-corrected chi connectivity index (χ0v) is 10.00. The molecule has 2 aliphatic rings. The van der Waals surface area contributed by atoms with Gasteiger partial charge in [0.05, 0.1) is 0 Å². The van der Waals surface area contributed by atoms with Gasteiger partial charge in [-0.1, -0.05) is 17.7 Å². The number of aryl methyl sites for hydroxylation is 1. The van der Waals surface area contributed by atoms with Gasteiger partial charge in [0.2, 0.25) is 0 Å². The highest BCUT2D eigenvalue weighted by Crippen LogP contribution is 2.40. The first kappa shape index (κ1) is 10.2. The standard InChI is InChI=1S/C14H20N2/c1-12-2-4-13(5-3-12)16-10-14(11-16)6-8-15-9-7-14/h2-5,15H,6-11H2,1H3. The molecule has 1 aromatic carbocycles. The molecule has 0 aliphatic carbocycles. The van der Waals surface area contributed by atoms with Gasteiger partial charge in [-0.05, 0) is 45.0 Å². The third kappa shape index (κ3) is 1.71. The van der Waals surface area contributed by atoms with Gasteiger partial charge in [0.25, 0.3) is 0 Å². The molecule has 2 aliphatic heterocycles. The first-order chi connectivity index (χ1) is 7.77. The highest BCUT2D eigenvalue weighted by molar-refractivity contribution is 5.50. The Morgan fingerprint density at radius 3 is 2.31 bits per heavy atom. The third-order valence-electron chi connectivity index (χ3n) is 4.12. The predicted octanol–water partition coefficient (Wildman–Crippen LogP) is 2.18. The molecule has 0 bridgehead atoms. The minimum Gasteiger partial charge on any atom is -0.370 e. The van der Waals surface area contributed by atoms with E-state index in [0.717, 1.165) is 0 Å². The van der Waals surface area contributed by atoms with E-state index in [1.54, 1.807) is 0 Å². The SMILES string of the molecule is Cc1ccc(N2CC3(CCNCC3)C2)cc1. The summed E-state index contributed by atoms with van der Waals surface area (Å²) in [6.07, 6.45) is 2.71. The summed E-state index contributed by atoms with van der Waals surface area (Å²) in [7, 11) is 0. The van der Waals surface area contributed by atoms with Crippen LogP contribution in [-0.2, 0) is 0 Å². The molecule has 2 saturated heterocycles. The summed E-state index contributed by atoms with van der Waals surface area (Å²) in [6, 6.07) is 8.93. The Bertz CT molecular complexity index is 355. The second-order valence-corrected chi connectivity index (χ2v) is 5.44. The monoisotopic (exact) mass is 216 g/mol. The second kappa shape index (κ2) is 3.77. The van der Waals surface area contributed by atoms with Crippen molar-refractivity contribution < 1.29 is 0 Å². The van der Waals surface area contributed by atoms with Crippen molar-refractivity contribution in [2.75, 3.05) is 31.1 Å². The number of benzene rings is 1. The summed E-state index contributed by atoms with van der Waals surface area (Å²) in [6.45, 7) is 7.09. The minimum atomic E-state index is 0.635. The van der Waals surface area contributed by atoms with Gasteiger partial charge in [0.15, 0.2) is 0 Å². The molecule has 16 heavy (non-hydrogen) atoms. The van der Waals surface area contributed by atoms with E-state index < -0.39 is 0 Å². The maximum Gasteiger partial charge on any atom is 0.0366 e. The van der Waals surface area contributed by atoms with Crippen molar-refractivity contribution in [3.05, 3.63) is 29.8 Å². The Kier molecular flexibility index (Phi) is 2.40. The van der Waals surface area contributed by atoms with Gasteiger partial charge in [-0.2, -0.15) is 0 Å². The Labute approximate surface area is 97.6 Å². The Morgan fingerprint density at radius 1 is 1.06 bits per heavy atom. The molecule has 0 saturated carbocycles. The molecule has 86 valence electrons. The summed E-state index contributed by atoms with van der Waals surface area (Å²) < 4.78 is 0. The number of rotatable bonds is 1. The second-order valence-electron chi connectivity index (χ2n) is 5.44. The van der Waals surface area contributed by atoms with Crippen LogP contribution in [0.1, 0.15) is 18.4 Å². The zero-order valence-electron chi connectivity index (χ0n) is 10.00. The fourth-order valence-electron chi connectivity index (χ4n) is 2.97. The number of hydrogen-bond donors (Lipinski definition) is 1. The van der Waals surface area contributed by atoms with E-state index in [9.17, 15) is 0 Å². The van der Waals surface area contributed by atoms with Crippen molar-refractivity contribution in [2.24, 2.45) is 5.41 Å². The molecule has 1 aromatic rings. The average Bonchev–Trinajstić information content (AvgIpc) is 2.28. The van der Waals surface area contributed by atoms with Crippen LogP contribution < -0.4 is 10.2 Å². The summed E-state index contributed by atoms with van der Waals surface area (Å²) in [5, 5.41) is 3.45. The molecular formula is C14H20N2. The van der Waals surface area contributed by atoms with Gasteiger partial charge in [0, 0.05) is 24.2 Å². The maximum absolute atomic E-state index is 3.45. The van der Waals surface area contributed by atoms with Crippen LogP contribution >= 0.6 is 0 Å². The fraction of sp³-hybridized carbons (Fsp3) is 0.571. The Morgan fingerprint density at radius 2 is 1.69 bits per heavy atom. The van der Waals surface area contributed by atoms with Crippen molar-refractivity contribution in [3.63, 3.8) is 0 Å². The molecule has 1 spiro atoms. The molecule has 1 N–H and O–H groups in total. The summed E-state index contributed by atoms with van der Waals surface area (Å²) in [5.41, 5.74) is 3.38. The van der Waals surface area contributed by atoms with Crippen LogP contribution in [0.15, 0.2) is 24.3 Å². The lowest BCUT2D eigenvalue weighted by Crippen LogP contribution is -2.60. The van der Waals surface area contributed by atoms with Crippen LogP contribution in [0.5, 0.6) is 0 Å². The van der Waals surface area contributed by atoms with Gasteiger partial charge in [-0.3, -0.25) is 0 Å². The van der Waals surface area contributed by atoms with Gasteiger partial charge in [-0.15, -0.1) is 0 Å². The highest BCUT2D eigenvalue weighted by Gasteiger charge is 2.43. The first-order valence-electron chi connectivity index (χ1n) is 6.30. The first-order valence-corrected chi connectivity index (χ1v) is 6.30. The van der Waals surface area contributed by atoms with Gasteiger partial charge >= 0.3 is 0 Å². The lowest BCUT2D eigenvalue weighted by molar-refractivity contribution is 0.150. The number of anilines is 1. The largest absolute Gasteiger partial charge is 0.370 e. The van der Waals surface area contributed by atoms with Crippen molar-refractivity contribution in [3.8, 4) is 0 Å². The minimum absolute atomic E-state index is 0.635. The van der Waals surface area contributed by atoms with E-state index in [2.05, 4.69) is 41.4 Å². The van der Waals surface area contributed by atoms with Gasteiger partial charge in [-0.25, -0.2) is 0 Å². The Hall–Kier alpha value is -1.02. The summed E-state index contributed by atoms with van der Waals surface area (Å²) in [4.78, 5) is 2.52. The van der Waals surface area contributed by atoms with Crippen LogP contribution in [0.25, 0.3) is 0 Å². The zero-order chi connectivity index (χ0) is 11.0. The lowest BCUT2D eigenvalue weighted by Gasteiger charge is -2.53. The van der Waals surface area contributed by atoms with Crippen LogP contribution in [0.3, 0.4) is 0 Å². The molecule has 3 rings (SSSR count). The number of nitrogens with one attached hydrogen (secondary N) is 1. The van der Waals surface area contributed by atoms with Crippen LogP contribution in [0, 0.1) is 12.3 Å². The molecule has 2 nitrogen and oxygen atoms in total. The number of hydrogen-bond acceptors (Lipinski definition) is 2. The number of nitrogens with zero attached hydrogens (tertiary/aromatic N) is 1. The molecule has 0 radical (unpaired) electrons. The van der Waals surface area contributed by atoms with Crippen LogP contribution in [0.4, 0.5) is 5.69 Å². The Balaban J connectivity index is 1.66. The molecule has 2 heteroatoms. The van der Waals surface area contributed by atoms with E-state index in [-0.39, 0.29) is 0 Å². The van der Waals surface area contributed by atoms with E-state index in [0.29, 0.717) is 5.41 Å². The summed E-state index contributed by atoms with van der Waals surface area (Å²) in [5.74, 6) is 0. The average molecular weight is 216 g/mol. The van der Waals surface area contributed by atoms with E-state index in [4.69, 9.17) is 0 Å². The van der Waals surface area contributed by atoms with Crippen molar-refractivity contribution >= 4 is 5.69 Å². The highest BCUT2D eigenvalue weighted by atomic mass is 15.2. The fourth-order valence-corrected chi connectivity index (χ4v) is 2.97. The molecule has 0 unspecified atom stereocenters. The van der Waals surface area contributed by atoms with E-state index in [1.165, 1.54) is 50.3 Å². The smallest absolute Gasteiger partial charge is 0.0366 e. The summed E-state index contributed by atoms with van der Waals surface area (Å²) >= 11 is 0. The van der Waals surface area contributed by atoms with Gasteiger partial charge in [0.1, 0.15) is 0 Å². The molecular weight excluding hydrogens is 196 g/mol. The lowest BCUT2D eigenvalue weighted by atomic mass is 9.72. The normalized spacial score (nSPS) is 23.2. The van der Waals surface area contributed by atoms with E-state index in [1.807, 2.05) is 0 Å². The van der Waals surface area contributed by atoms with Crippen molar-refractivity contribution in [1.29, 1.82) is 0 Å². The van der Waals surface area contributed by atoms with Crippen molar-refractivity contribution in [2.45, 2.75) is 19.8 Å². The quantitative estimate of drug-likeness (QED) is 0.774. The van der Waals surface area contributed by atoms with Gasteiger partial charge < -0.3 is 10.2 Å². The molecule has 2 heterocycles. The van der Waals surface area contributed by atoms with E-state index >= 15 is 0 Å². The van der Waals surface area contributed by atoms with Crippen LogP contribution in [0.2, 0.25) is 0 Å². The predicted molar refractivity (Wildman–Crippen MR) is 67.9 cm³/mol. The number of piperidine rings is 1. The third-order valence-corrected chi connectivity index (χ3v) is 4.12.